The predicted octanol–water partition coefficient (Wildman–Crippen LogP) is 1.95. The number of nitriles is 3. The van der Waals surface area contributed by atoms with Crippen LogP contribution in [-0.4, -0.2) is 30.0 Å². The zero-order chi connectivity index (χ0) is 19.8. The molecule has 0 unspecified atom stereocenters. The molecule has 1 aliphatic heterocycles. The van der Waals surface area contributed by atoms with Gasteiger partial charge in [0.05, 0.1) is 28.3 Å². The lowest BCUT2D eigenvalue weighted by Crippen LogP contribution is -2.47. The van der Waals surface area contributed by atoms with Crippen molar-refractivity contribution < 1.29 is 4.92 Å². The molecule has 134 valence electrons. The number of allylic oxidation sites excluding steroid dienone is 2. The van der Waals surface area contributed by atoms with E-state index in [0.717, 1.165) is 5.57 Å². The van der Waals surface area contributed by atoms with Crippen molar-refractivity contribution in [2.24, 2.45) is 17.1 Å². The maximum atomic E-state index is 11.0. The van der Waals surface area contributed by atoms with E-state index < -0.39 is 16.3 Å². The van der Waals surface area contributed by atoms with Gasteiger partial charge >= 0.3 is 0 Å². The number of nitro groups is 1. The Bertz CT molecular complexity index is 973. The van der Waals surface area contributed by atoms with Crippen LogP contribution in [0, 0.1) is 55.4 Å². The summed E-state index contributed by atoms with van der Waals surface area (Å²) in [7, 11) is 1.91. The van der Waals surface area contributed by atoms with Gasteiger partial charge in [-0.05, 0) is 18.2 Å². The quantitative estimate of drug-likeness (QED) is 0.627. The second-order valence-corrected chi connectivity index (χ2v) is 6.75. The summed E-state index contributed by atoms with van der Waals surface area (Å²) in [5, 5.41) is 40.4. The van der Waals surface area contributed by atoms with Gasteiger partial charge in [-0.2, -0.15) is 15.8 Å². The third kappa shape index (κ3) is 2.62. The third-order valence-corrected chi connectivity index (χ3v) is 5.31. The van der Waals surface area contributed by atoms with Gasteiger partial charge in [-0.3, -0.25) is 10.1 Å². The highest BCUT2D eigenvalue weighted by Gasteiger charge is 2.54. The molecule has 2 N–H and O–H groups in total. The standard InChI is InChI=1S/C19H16N6O2/c1-24-7-6-14-15(8-20)18(23)19(10-21,11-22)17(16(14)9-24)12-2-4-13(5-3-12)25(26)27/h2-6,16-17H,7,9,23H2,1H3/t16-,17-/m1/s1. The Morgan fingerprint density at radius 1 is 1.26 bits per heavy atom. The first-order valence-corrected chi connectivity index (χ1v) is 8.25. The van der Waals surface area contributed by atoms with Crippen LogP contribution in [0.2, 0.25) is 0 Å². The number of hydrogen-bond donors (Lipinski definition) is 1. The lowest BCUT2D eigenvalue weighted by Gasteiger charge is -2.45. The van der Waals surface area contributed by atoms with E-state index in [2.05, 4.69) is 6.07 Å². The molecule has 0 fully saturated rings. The number of nitrogens with two attached hydrogens (primary N) is 1. The normalized spacial score (nSPS) is 24.0. The molecule has 1 aromatic rings. The van der Waals surface area contributed by atoms with Gasteiger partial charge in [-0.15, -0.1) is 0 Å². The highest BCUT2D eigenvalue weighted by molar-refractivity contribution is 5.59. The highest BCUT2D eigenvalue weighted by Crippen LogP contribution is 2.54. The maximum Gasteiger partial charge on any atom is 0.269 e. The van der Waals surface area contributed by atoms with E-state index in [9.17, 15) is 25.9 Å². The summed E-state index contributed by atoms with van der Waals surface area (Å²) in [4.78, 5) is 12.5. The number of non-ortho nitro benzene ring substituents is 1. The van der Waals surface area contributed by atoms with Crippen LogP contribution in [-0.2, 0) is 0 Å². The Morgan fingerprint density at radius 3 is 2.41 bits per heavy atom. The van der Waals surface area contributed by atoms with Crippen molar-refractivity contribution in [3.05, 3.63) is 62.9 Å². The summed E-state index contributed by atoms with van der Waals surface area (Å²) < 4.78 is 0. The SMILES string of the molecule is CN1CC=C2C(C#N)=C(N)C(C#N)(C#N)[C@H](c3ccc([N+](=O)[O-])cc3)[C@@H]2C1. The van der Waals surface area contributed by atoms with E-state index in [-0.39, 0.29) is 22.9 Å². The topological polar surface area (TPSA) is 144 Å². The first-order valence-electron chi connectivity index (χ1n) is 8.25. The predicted molar refractivity (Wildman–Crippen MR) is 95.4 cm³/mol. The summed E-state index contributed by atoms with van der Waals surface area (Å²) >= 11 is 0. The summed E-state index contributed by atoms with van der Waals surface area (Å²) in [6, 6.07) is 12.0. The summed E-state index contributed by atoms with van der Waals surface area (Å²) in [6.45, 7) is 1.17. The molecule has 0 spiro atoms. The Morgan fingerprint density at radius 2 is 1.89 bits per heavy atom. The molecule has 27 heavy (non-hydrogen) atoms. The van der Waals surface area contributed by atoms with Crippen molar-refractivity contribution in [2.45, 2.75) is 5.92 Å². The Kier molecular flexibility index (Phi) is 4.41. The van der Waals surface area contributed by atoms with E-state index in [0.29, 0.717) is 18.7 Å². The largest absolute Gasteiger partial charge is 0.399 e. The van der Waals surface area contributed by atoms with Gasteiger partial charge in [0.2, 0.25) is 0 Å². The van der Waals surface area contributed by atoms with Crippen LogP contribution >= 0.6 is 0 Å². The molecular weight excluding hydrogens is 344 g/mol. The zero-order valence-corrected chi connectivity index (χ0v) is 14.6. The monoisotopic (exact) mass is 360 g/mol. The number of fused-ring (bicyclic) bond motifs is 1. The minimum Gasteiger partial charge on any atom is -0.399 e. The van der Waals surface area contributed by atoms with E-state index in [4.69, 9.17) is 5.73 Å². The molecule has 1 aliphatic carbocycles. The van der Waals surface area contributed by atoms with Crippen molar-refractivity contribution in [3.63, 3.8) is 0 Å². The van der Waals surface area contributed by atoms with Crippen molar-refractivity contribution >= 4 is 5.69 Å². The van der Waals surface area contributed by atoms with Gasteiger partial charge in [-0.1, -0.05) is 18.2 Å². The van der Waals surface area contributed by atoms with Crippen molar-refractivity contribution in [2.75, 3.05) is 20.1 Å². The molecule has 0 amide bonds. The molecule has 8 heteroatoms. The van der Waals surface area contributed by atoms with E-state index in [1.54, 1.807) is 12.1 Å². The Hall–Kier alpha value is -3.67. The molecule has 2 atom stereocenters. The molecule has 1 heterocycles. The maximum absolute atomic E-state index is 11.0. The molecule has 0 aromatic heterocycles. The fourth-order valence-electron chi connectivity index (χ4n) is 4.00. The number of hydrogen-bond acceptors (Lipinski definition) is 7. The fraction of sp³-hybridized carbons (Fsp3) is 0.316. The van der Waals surface area contributed by atoms with Crippen molar-refractivity contribution in [1.82, 2.24) is 4.90 Å². The number of nitrogens with zero attached hydrogens (tertiary/aromatic N) is 5. The van der Waals surface area contributed by atoms with Gasteiger partial charge in [0.25, 0.3) is 5.69 Å². The highest BCUT2D eigenvalue weighted by atomic mass is 16.6. The van der Waals surface area contributed by atoms with Crippen molar-refractivity contribution in [1.29, 1.82) is 15.8 Å². The number of rotatable bonds is 2. The van der Waals surface area contributed by atoms with Gasteiger partial charge in [0, 0.05) is 37.1 Å². The summed E-state index contributed by atoms with van der Waals surface area (Å²) in [5.41, 5.74) is 5.87. The molecule has 3 rings (SSSR count). The second-order valence-electron chi connectivity index (χ2n) is 6.75. The lowest BCUT2D eigenvalue weighted by atomic mass is 9.58. The summed E-state index contributed by atoms with van der Waals surface area (Å²) in [6.07, 6.45) is 1.90. The minimum absolute atomic E-state index is 0.0506. The second kappa shape index (κ2) is 6.57. The van der Waals surface area contributed by atoms with Gasteiger partial charge in [0.1, 0.15) is 6.07 Å². The van der Waals surface area contributed by atoms with Crippen LogP contribution in [0.4, 0.5) is 5.69 Å². The molecule has 0 saturated heterocycles. The lowest BCUT2D eigenvalue weighted by molar-refractivity contribution is -0.384. The first kappa shape index (κ1) is 18.1. The van der Waals surface area contributed by atoms with E-state index in [1.165, 1.54) is 12.1 Å². The molecular formula is C19H16N6O2. The molecule has 8 nitrogen and oxygen atoms in total. The minimum atomic E-state index is -1.72. The van der Waals surface area contributed by atoms with Gasteiger partial charge in [0.15, 0.2) is 5.41 Å². The third-order valence-electron chi connectivity index (χ3n) is 5.31. The van der Waals surface area contributed by atoms with Crippen LogP contribution < -0.4 is 5.73 Å². The van der Waals surface area contributed by atoms with Crippen LogP contribution in [0.25, 0.3) is 0 Å². The van der Waals surface area contributed by atoms with Gasteiger partial charge < -0.3 is 10.6 Å². The number of nitro benzene ring substituents is 1. The van der Waals surface area contributed by atoms with Crippen molar-refractivity contribution in [3.8, 4) is 18.2 Å². The first-order chi connectivity index (χ1) is 12.9. The molecule has 0 bridgehead atoms. The molecule has 1 aromatic carbocycles. The van der Waals surface area contributed by atoms with E-state index in [1.807, 2.05) is 30.2 Å². The van der Waals surface area contributed by atoms with Crippen LogP contribution in [0.3, 0.4) is 0 Å². The summed E-state index contributed by atoms with van der Waals surface area (Å²) in [5.74, 6) is -0.939. The average molecular weight is 360 g/mol. The fourth-order valence-corrected chi connectivity index (χ4v) is 4.00. The molecule has 0 radical (unpaired) electrons. The van der Waals surface area contributed by atoms with Crippen LogP contribution in [0.15, 0.2) is 47.2 Å². The van der Waals surface area contributed by atoms with Crippen LogP contribution in [0.5, 0.6) is 0 Å². The number of benzene rings is 1. The Labute approximate surface area is 156 Å². The molecule has 0 saturated carbocycles. The van der Waals surface area contributed by atoms with Gasteiger partial charge in [-0.25, -0.2) is 0 Å². The van der Waals surface area contributed by atoms with E-state index >= 15 is 0 Å². The van der Waals surface area contributed by atoms with Crippen LogP contribution in [0.1, 0.15) is 11.5 Å². The zero-order valence-electron chi connectivity index (χ0n) is 14.6. The Balaban J connectivity index is 2.28. The number of likely N-dealkylation sites (N-methyl/N-ethyl adjacent to an activating group) is 1. The molecule has 2 aliphatic rings. The average Bonchev–Trinajstić information content (AvgIpc) is 2.67. The smallest absolute Gasteiger partial charge is 0.269 e.